The van der Waals surface area contributed by atoms with Crippen molar-refractivity contribution in [2.45, 2.75) is 31.2 Å². The highest BCUT2D eigenvalue weighted by Crippen LogP contribution is 2.30. The van der Waals surface area contributed by atoms with Gasteiger partial charge < -0.3 is 4.90 Å². The molecule has 0 aromatic heterocycles. The molecule has 0 radical (unpaired) electrons. The molecule has 1 fully saturated rings. The van der Waals surface area contributed by atoms with Gasteiger partial charge in [-0.1, -0.05) is 24.3 Å². The minimum absolute atomic E-state index is 0.0226. The summed E-state index contributed by atoms with van der Waals surface area (Å²) in [5.41, 5.74) is 2.44. The zero-order valence-electron chi connectivity index (χ0n) is 13.6. The van der Waals surface area contributed by atoms with Crippen LogP contribution in [0.15, 0.2) is 48.5 Å². The second-order valence-corrected chi connectivity index (χ2v) is 7.64. The van der Waals surface area contributed by atoms with E-state index in [-0.39, 0.29) is 17.8 Å². The zero-order valence-corrected chi connectivity index (χ0v) is 14.4. The van der Waals surface area contributed by atoms with E-state index in [4.69, 9.17) is 0 Å². The third-order valence-corrected chi connectivity index (χ3v) is 4.80. The molecular formula is C19H20FNO2S. The Balaban J connectivity index is 1.79. The van der Waals surface area contributed by atoms with Crippen LogP contribution in [0, 0.1) is 5.82 Å². The van der Waals surface area contributed by atoms with Gasteiger partial charge in [-0.3, -0.25) is 9.00 Å². The lowest BCUT2D eigenvalue weighted by molar-refractivity contribution is 0.0730. The highest BCUT2D eigenvalue weighted by molar-refractivity contribution is 7.83. The Morgan fingerprint density at radius 1 is 1.17 bits per heavy atom. The van der Waals surface area contributed by atoms with Gasteiger partial charge in [0.25, 0.3) is 5.91 Å². The lowest BCUT2D eigenvalue weighted by Crippen LogP contribution is -2.32. The van der Waals surface area contributed by atoms with E-state index in [1.807, 2.05) is 23.1 Å². The number of amides is 1. The Bertz CT molecular complexity index is 756. The number of halogens is 1. The molecule has 0 N–H and O–H groups in total. The van der Waals surface area contributed by atoms with Crippen LogP contribution < -0.4 is 0 Å². The standard InChI is InChI=1S/C19H20FNO2S/c1-24(23)13-15-3-2-4-16(11-15)19(22)21(18-9-10-18)12-14-5-7-17(20)8-6-14/h2-8,11,18H,9-10,12-13H2,1H3. The molecule has 1 amide bonds. The molecule has 0 bridgehead atoms. The maximum atomic E-state index is 13.1. The first kappa shape index (κ1) is 16.8. The number of hydrogen-bond donors (Lipinski definition) is 0. The maximum Gasteiger partial charge on any atom is 0.254 e. The van der Waals surface area contributed by atoms with Gasteiger partial charge in [0.05, 0.1) is 0 Å². The zero-order chi connectivity index (χ0) is 17.1. The summed E-state index contributed by atoms with van der Waals surface area (Å²) in [6.07, 6.45) is 3.66. The predicted octanol–water partition coefficient (Wildman–Crippen LogP) is 3.51. The Kier molecular flexibility index (Phi) is 5.09. The molecule has 3 rings (SSSR count). The number of hydrogen-bond acceptors (Lipinski definition) is 2. The van der Waals surface area contributed by atoms with E-state index in [0.29, 0.717) is 17.9 Å². The Morgan fingerprint density at radius 3 is 2.50 bits per heavy atom. The van der Waals surface area contributed by atoms with Crippen molar-refractivity contribution in [1.29, 1.82) is 0 Å². The van der Waals surface area contributed by atoms with E-state index < -0.39 is 10.8 Å². The monoisotopic (exact) mass is 345 g/mol. The minimum Gasteiger partial charge on any atom is -0.331 e. The third kappa shape index (κ3) is 4.29. The van der Waals surface area contributed by atoms with Gasteiger partial charge in [-0.25, -0.2) is 4.39 Å². The van der Waals surface area contributed by atoms with Crippen LogP contribution in [-0.2, 0) is 23.1 Å². The van der Waals surface area contributed by atoms with E-state index in [9.17, 15) is 13.4 Å². The molecule has 24 heavy (non-hydrogen) atoms. The fourth-order valence-electron chi connectivity index (χ4n) is 2.73. The van der Waals surface area contributed by atoms with Gasteiger partial charge in [-0.15, -0.1) is 0 Å². The van der Waals surface area contributed by atoms with Gasteiger partial charge in [0.2, 0.25) is 0 Å². The summed E-state index contributed by atoms with van der Waals surface area (Å²) in [5, 5.41) is 0. The van der Waals surface area contributed by atoms with Gasteiger partial charge in [0, 0.05) is 41.0 Å². The molecule has 0 saturated heterocycles. The molecule has 1 aliphatic carbocycles. The average Bonchev–Trinajstić information content (AvgIpc) is 3.38. The molecule has 1 atom stereocenters. The highest BCUT2D eigenvalue weighted by Gasteiger charge is 2.33. The molecule has 0 spiro atoms. The molecule has 0 aliphatic heterocycles. The van der Waals surface area contributed by atoms with Gasteiger partial charge in [-0.05, 0) is 48.2 Å². The van der Waals surface area contributed by atoms with Crippen LogP contribution in [0.25, 0.3) is 0 Å². The van der Waals surface area contributed by atoms with Gasteiger partial charge in [0.1, 0.15) is 5.82 Å². The van der Waals surface area contributed by atoms with Crippen LogP contribution in [0.2, 0.25) is 0 Å². The third-order valence-electron chi connectivity index (χ3n) is 4.06. The summed E-state index contributed by atoms with van der Waals surface area (Å²) < 4.78 is 24.5. The summed E-state index contributed by atoms with van der Waals surface area (Å²) in [4.78, 5) is 14.8. The summed E-state index contributed by atoms with van der Waals surface area (Å²) >= 11 is 0. The second kappa shape index (κ2) is 7.26. The van der Waals surface area contributed by atoms with Crippen LogP contribution in [0.3, 0.4) is 0 Å². The van der Waals surface area contributed by atoms with E-state index in [1.165, 1.54) is 12.1 Å². The predicted molar refractivity (Wildman–Crippen MR) is 93.5 cm³/mol. The maximum absolute atomic E-state index is 13.1. The highest BCUT2D eigenvalue weighted by atomic mass is 32.2. The number of rotatable bonds is 6. The summed E-state index contributed by atoms with van der Waals surface area (Å²) in [6.45, 7) is 0.480. The van der Waals surface area contributed by atoms with E-state index in [0.717, 1.165) is 24.0 Å². The van der Waals surface area contributed by atoms with Gasteiger partial charge in [-0.2, -0.15) is 0 Å². The van der Waals surface area contributed by atoms with Crippen LogP contribution in [0.1, 0.15) is 34.3 Å². The SMILES string of the molecule is CS(=O)Cc1cccc(C(=O)N(Cc2ccc(F)cc2)C2CC2)c1. The summed E-state index contributed by atoms with van der Waals surface area (Å²) in [6, 6.07) is 13.9. The molecule has 1 saturated carbocycles. The molecule has 0 heterocycles. The van der Waals surface area contributed by atoms with Crippen LogP contribution in [0.4, 0.5) is 4.39 Å². The smallest absolute Gasteiger partial charge is 0.254 e. The van der Waals surface area contributed by atoms with Crippen molar-refractivity contribution in [3.05, 3.63) is 71.0 Å². The fraction of sp³-hybridized carbons (Fsp3) is 0.316. The molecule has 1 unspecified atom stereocenters. The lowest BCUT2D eigenvalue weighted by atomic mass is 10.1. The molecule has 126 valence electrons. The van der Waals surface area contributed by atoms with Gasteiger partial charge in [0.15, 0.2) is 0 Å². The van der Waals surface area contributed by atoms with Crippen molar-refractivity contribution in [3.63, 3.8) is 0 Å². The Morgan fingerprint density at radius 2 is 1.88 bits per heavy atom. The minimum atomic E-state index is -0.939. The van der Waals surface area contributed by atoms with Crippen molar-refractivity contribution in [1.82, 2.24) is 4.90 Å². The summed E-state index contributed by atoms with van der Waals surface area (Å²) in [7, 11) is -0.939. The summed E-state index contributed by atoms with van der Waals surface area (Å²) in [5.74, 6) is 0.150. The molecule has 2 aromatic rings. The Hall–Kier alpha value is -2.01. The van der Waals surface area contributed by atoms with Crippen molar-refractivity contribution in [2.24, 2.45) is 0 Å². The number of carbonyl (C=O) groups excluding carboxylic acids is 1. The topological polar surface area (TPSA) is 37.4 Å². The molecule has 5 heteroatoms. The van der Waals surface area contributed by atoms with E-state index in [2.05, 4.69) is 0 Å². The van der Waals surface area contributed by atoms with Crippen LogP contribution in [0.5, 0.6) is 0 Å². The molecule has 3 nitrogen and oxygen atoms in total. The van der Waals surface area contributed by atoms with Crippen molar-refractivity contribution < 1.29 is 13.4 Å². The molecular weight excluding hydrogens is 325 g/mol. The van der Waals surface area contributed by atoms with E-state index in [1.54, 1.807) is 24.5 Å². The lowest BCUT2D eigenvalue weighted by Gasteiger charge is -2.23. The number of benzene rings is 2. The van der Waals surface area contributed by atoms with Crippen molar-refractivity contribution in [2.75, 3.05) is 6.26 Å². The van der Waals surface area contributed by atoms with Gasteiger partial charge >= 0.3 is 0 Å². The fourth-order valence-corrected chi connectivity index (χ4v) is 3.38. The van der Waals surface area contributed by atoms with Crippen molar-refractivity contribution in [3.8, 4) is 0 Å². The Labute approximate surface area is 143 Å². The first-order valence-electron chi connectivity index (χ1n) is 7.97. The van der Waals surface area contributed by atoms with Crippen molar-refractivity contribution >= 4 is 16.7 Å². The molecule has 1 aliphatic rings. The van der Waals surface area contributed by atoms with Crippen LogP contribution in [-0.4, -0.2) is 27.3 Å². The first-order valence-corrected chi connectivity index (χ1v) is 9.70. The average molecular weight is 345 g/mol. The normalized spacial score (nSPS) is 15.1. The first-order chi connectivity index (χ1) is 11.5. The van der Waals surface area contributed by atoms with E-state index >= 15 is 0 Å². The largest absolute Gasteiger partial charge is 0.331 e. The second-order valence-electron chi connectivity index (χ2n) is 6.21. The number of carbonyl (C=O) groups is 1. The molecule has 2 aromatic carbocycles. The quantitative estimate of drug-likeness (QED) is 0.803. The number of nitrogens with zero attached hydrogens (tertiary/aromatic N) is 1. The van der Waals surface area contributed by atoms with Crippen LogP contribution >= 0.6 is 0 Å².